The van der Waals surface area contributed by atoms with Gasteiger partial charge in [-0.1, -0.05) is 12.1 Å². The molecule has 1 aliphatic heterocycles. The molecule has 5 nitrogen and oxygen atoms in total. The van der Waals surface area contributed by atoms with Gasteiger partial charge in [-0.25, -0.2) is 0 Å². The summed E-state index contributed by atoms with van der Waals surface area (Å²) in [4.78, 5) is 18.9. The number of nitrogens with zero attached hydrogens (tertiary/aromatic N) is 2. The molecule has 0 unspecified atom stereocenters. The zero-order valence-electron chi connectivity index (χ0n) is 13.0. The standard InChI is InChI=1S/C18H21N3O2/c19-15-7-8-17(20-11-15)13-4-3-5-14(10-13)18(23)21-9-2-1-6-16(21)12-22/h3-5,7-8,10-11,16,22H,1-2,6,9,12,19H2/t16-/m1/s1. The van der Waals surface area contributed by atoms with Crippen LogP contribution in [0.3, 0.4) is 0 Å². The van der Waals surface area contributed by atoms with Gasteiger partial charge in [-0.2, -0.15) is 0 Å². The summed E-state index contributed by atoms with van der Waals surface area (Å²) >= 11 is 0. The Morgan fingerprint density at radius 3 is 2.91 bits per heavy atom. The van der Waals surface area contributed by atoms with E-state index in [1.165, 1.54) is 0 Å². The first kappa shape index (κ1) is 15.5. The number of pyridine rings is 1. The van der Waals surface area contributed by atoms with Crippen LogP contribution in [0.5, 0.6) is 0 Å². The zero-order chi connectivity index (χ0) is 16.2. The normalized spacial score (nSPS) is 18.0. The van der Waals surface area contributed by atoms with Gasteiger partial charge in [0.05, 0.1) is 30.2 Å². The number of anilines is 1. The van der Waals surface area contributed by atoms with Crippen LogP contribution in [-0.4, -0.2) is 40.1 Å². The summed E-state index contributed by atoms with van der Waals surface area (Å²) in [6.07, 6.45) is 4.52. The molecule has 0 aliphatic carbocycles. The maximum absolute atomic E-state index is 12.8. The largest absolute Gasteiger partial charge is 0.397 e. The second kappa shape index (κ2) is 6.79. The minimum atomic E-state index is -0.0745. The van der Waals surface area contributed by atoms with Gasteiger partial charge in [0.1, 0.15) is 0 Å². The number of carbonyl (C=O) groups is 1. The summed E-state index contributed by atoms with van der Waals surface area (Å²) in [6.45, 7) is 0.722. The van der Waals surface area contributed by atoms with E-state index in [0.29, 0.717) is 17.8 Å². The lowest BCUT2D eigenvalue weighted by molar-refractivity contribution is 0.0503. The highest BCUT2D eigenvalue weighted by Crippen LogP contribution is 2.23. The van der Waals surface area contributed by atoms with Gasteiger partial charge >= 0.3 is 0 Å². The lowest BCUT2D eigenvalue weighted by Crippen LogP contribution is -2.45. The third kappa shape index (κ3) is 3.35. The number of piperidine rings is 1. The molecule has 1 fully saturated rings. The molecular weight excluding hydrogens is 290 g/mol. The Morgan fingerprint density at radius 2 is 2.17 bits per heavy atom. The third-order valence-corrected chi connectivity index (χ3v) is 4.29. The van der Waals surface area contributed by atoms with Crippen molar-refractivity contribution in [3.8, 4) is 11.3 Å². The van der Waals surface area contributed by atoms with Gasteiger partial charge in [0.25, 0.3) is 5.91 Å². The second-order valence-electron chi connectivity index (χ2n) is 5.89. The molecule has 1 amide bonds. The van der Waals surface area contributed by atoms with Crippen LogP contribution in [0.25, 0.3) is 11.3 Å². The van der Waals surface area contributed by atoms with E-state index < -0.39 is 0 Å². The number of hydrogen-bond donors (Lipinski definition) is 2. The number of hydrogen-bond acceptors (Lipinski definition) is 4. The Kier molecular flexibility index (Phi) is 4.57. The molecule has 120 valence electrons. The van der Waals surface area contributed by atoms with Gasteiger partial charge in [-0.15, -0.1) is 0 Å². The molecule has 1 aliphatic rings. The van der Waals surface area contributed by atoms with Crippen molar-refractivity contribution in [2.45, 2.75) is 25.3 Å². The molecule has 0 saturated carbocycles. The van der Waals surface area contributed by atoms with E-state index in [2.05, 4.69) is 4.98 Å². The number of aliphatic hydroxyl groups excluding tert-OH is 1. The van der Waals surface area contributed by atoms with Crippen molar-refractivity contribution in [1.82, 2.24) is 9.88 Å². The Hall–Kier alpha value is -2.40. The predicted molar refractivity (Wildman–Crippen MR) is 89.8 cm³/mol. The average molecular weight is 311 g/mol. The van der Waals surface area contributed by atoms with Gasteiger partial charge in [-0.05, 0) is 43.5 Å². The first-order valence-corrected chi connectivity index (χ1v) is 7.93. The van der Waals surface area contributed by atoms with Crippen molar-refractivity contribution >= 4 is 11.6 Å². The molecule has 3 N–H and O–H groups in total. The Morgan fingerprint density at radius 1 is 1.30 bits per heavy atom. The molecule has 5 heteroatoms. The molecule has 0 radical (unpaired) electrons. The number of aliphatic hydroxyl groups is 1. The van der Waals surface area contributed by atoms with E-state index >= 15 is 0 Å². The smallest absolute Gasteiger partial charge is 0.254 e. The minimum Gasteiger partial charge on any atom is -0.397 e. The predicted octanol–water partition coefficient (Wildman–Crippen LogP) is 2.32. The molecule has 1 atom stereocenters. The lowest BCUT2D eigenvalue weighted by atomic mass is 10.0. The van der Waals surface area contributed by atoms with Crippen molar-refractivity contribution in [2.75, 3.05) is 18.9 Å². The molecule has 23 heavy (non-hydrogen) atoms. The molecule has 2 heterocycles. The van der Waals surface area contributed by atoms with Crippen molar-refractivity contribution in [3.05, 3.63) is 48.2 Å². The van der Waals surface area contributed by atoms with E-state index in [1.807, 2.05) is 30.3 Å². The molecule has 0 spiro atoms. The third-order valence-electron chi connectivity index (χ3n) is 4.29. The zero-order valence-corrected chi connectivity index (χ0v) is 13.0. The lowest BCUT2D eigenvalue weighted by Gasteiger charge is -2.34. The quantitative estimate of drug-likeness (QED) is 0.911. The number of benzene rings is 1. The van der Waals surface area contributed by atoms with Gasteiger partial charge in [0.2, 0.25) is 0 Å². The van der Waals surface area contributed by atoms with E-state index in [-0.39, 0.29) is 18.6 Å². The van der Waals surface area contributed by atoms with Crippen molar-refractivity contribution in [3.63, 3.8) is 0 Å². The average Bonchev–Trinajstić information content (AvgIpc) is 2.62. The monoisotopic (exact) mass is 311 g/mol. The highest BCUT2D eigenvalue weighted by atomic mass is 16.3. The van der Waals surface area contributed by atoms with Crippen molar-refractivity contribution in [2.24, 2.45) is 0 Å². The second-order valence-corrected chi connectivity index (χ2v) is 5.89. The summed E-state index contributed by atoms with van der Waals surface area (Å²) in [5, 5.41) is 9.50. The number of rotatable bonds is 3. The fourth-order valence-corrected chi connectivity index (χ4v) is 3.01. The topological polar surface area (TPSA) is 79.5 Å². The maximum atomic E-state index is 12.8. The molecule has 3 rings (SSSR count). The Balaban J connectivity index is 1.86. The van der Waals surface area contributed by atoms with Gasteiger partial charge in [0.15, 0.2) is 0 Å². The van der Waals surface area contributed by atoms with Crippen LogP contribution >= 0.6 is 0 Å². The van der Waals surface area contributed by atoms with Crippen molar-refractivity contribution in [1.29, 1.82) is 0 Å². The SMILES string of the molecule is Nc1ccc(-c2cccc(C(=O)N3CCCC[C@@H]3CO)c2)nc1. The number of amides is 1. The summed E-state index contributed by atoms with van der Waals surface area (Å²) in [7, 11) is 0. The molecule has 1 aromatic carbocycles. The summed E-state index contributed by atoms with van der Waals surface area (Å²) < 4.78 is 0. The van der Waals surface area contributed by atoms with Crippen molar-refractivity contribution < 1.29 is 9.90 Å². The molecule has 1 saturated heterocycles. The summed E-state index contributed by atoms with van der Waals surface area (Å²) in [6, 6.07) is 11.0. The maximum Gasteiger partial charge on any atom is 0.254 e. The van der Waals surface area contributed by atoms with Gasteiger partial charge < -0.3 is 15.7 Å². The highest BCUT2D eigenvalue weighted by Gasteiger charge is 2.26. The molecule has 1 aromatic heterocycles. The van der Waals surface area contributed by atoms with E-state index in [0.717, 1.165) is 30.5 Å². The minimum absolute atomic E-state index is 0.0188. The number of nitrogen functional groups attached to an aromatic ring is 1. The first-order valence-electron chi connectivity index (χ1n) is 7.93. The summed E-state index contributed by atoms with van der Waals surface area (Å²) in [5.74, 6) is -0.0268. The first-order chi connectivity index (χ1) is 11.2. The number of aromatic nitrogens is 1. The number of likely N-dealkylation sites (tertiary alicyclic amines) is 1. The summed E-state index contributed by atoms with van der Waals surface area (Å²) in [5.41, 5.74) is 8.57. The Labute approximate surface area is 135 Å². The van der Waals surface area contributed by atoms with Crippen LogP contribution in [-0.2, 0) is 0 Å². The van der Waals surface area contributed by atoms with Crippen LogP contribution in [0.4, 0.5) is 5.69 Å². The number of carbonyl (C=O) groups excluding carboxylic acids is 1. The van der Waals surface area contributed by atoms with Crippen LogP contribution in [0, 0.1) is 0 Å². The Bertz CT molecular complexity index is 685. The molecular formula is C18H21N3O2. The van der Waals surface area contributed by atoms with E-state index in [1.54, 1.807) is 17.2 Å². The highest BCUT2D eigenvalue weighted by molar-refractivity contribution is 5.95. The van der Waals surface area contributed by atoms with Gasteiger partial charge in [0, 0.05) is 17.7 Å². The molecule has 0 bridgehead atoms. The number of nitrogens with two attached hydrogens (primary N) is 1. The van der Waals surface area contributed by atoms with E-state index in [9.17, 15) is 9.90 Å². The van der Waals surface area contributed by atoms with Crippen LogP contribution in [0.1, 0.15) is 29.6 Å². The molecule has 2 aromatic rings. The van der Waals surface area contributed by atoms with E-state index in [4.69, 9.17) is 5.73 Å². The van der Waals surface area contributed by atoms with Crippen LogP contribution in [0.15, 0.2) is 42.6 Å². The van der Waals surface area contributed by atoms with Crippen LogP contribution in [0.2, 0.25) is 0 Å². The van der Waals surface area contributed by atoms with Crippen LogP contribution < -0.4 is 5.73 Å². The fourth-order valence-electron chi connectivity index (χ4n) is 3.01. The van der Waals surface area contributed by atoms with Gasteiger partial charge in [-0.3, -0.25) is 9.78 Å². The fraction of sp³-hybridized carbons (Fsp3) is 0.333.